The summed E-state index contributed by atoms with van der Waals surface area (Å²) < 4.78 is 0. The van der Waals surface area contributed by atoms with Crippen LogP contribution in [0.3, 0.4) is 0 Å². The predicted molar refractivity (Wildman–Crippen MR) is 78.4 cm³/mol. The van der Waals surface area contributed by atoms with Crippen LogP contribution in [0.4, 0.5) is 5.69 Å². The van der Waals surface area contributed by atoms with Crippen LogP contribution in [0.25, 0.3) is 0 Å². The van der Waals surface area contributed by atoms with Gasteiger partial charge in [-0.25, -0.2) is 4.79 Å². The van der Waals surface area contributed by atoms with Gasteiger partial charge in [0.2, 0.25) is 5.91 Å². The smallest absolute Gasteiger partial charge is 0.335 e. The quantitative estimate of drug-likeness (QED) is 0.743. The first-order valence-electron chi connectivity index (χ1n) is 6.50. The molecule has 0 saturated carbocycles. The van der Waals surface area contributed by atoms with E-state index in [1.54, 1.807) is 0 Å². The molecule has 3 N–H and O–H groups in total. The lowest BCUT2D eigenvalue weighted by Crippen LogP contribution is -2.19. The normalized spacial score (nSPS) is 15.8. The molecule has 1 aromatic rings. The molecule has 0 atom stereocenters. The average molecular weight is 295 g/mol. The molecule has 1 fully saturated rings. The van der Waals surface area contributed by atoms with Gasteiger partial charge in [0.25, 0.3) is 0 Å². The van der Waals surface area contributed by atoms with Gasteiger partial charge in [-0.15, -0.1) is 0 Å². The van der Waals surface area contributed by atoms with Crippen molar-refractivity contribution in [2.24, 2.45) is 5.92 Å². The highest BCUT2D eigenvalue weighted by molar-refractivity contribution is 7.99. The van der Waals surface area contributed by atoms with Crippen molar-refractivity contribution in [1.29, 1.82) is 0 Å². The Morgan fingerprint density at radius 1 is 1.30 bits per heavy atom. The lowest BCUT2D eigenvalue weighted by Gasteiger charge is -2.20. The number of aromatic hydroxyl groups is 1. The number of nitrogens with one attached hydrogen (secondary N) is 1. The van der Waals surface area contributed by atoms with Crippen LogP contribution >= 0.6 is 11.8 Å². The highest BCUT2D eigenvalue weighted by atomic mass is 32.2. The molecule has 0 aliphatic carbocycles. The molecule has 0 spiro atoms. The highest BCUT2D eigenvalue weighted by Gasteiger charge is 2.18. The van der Waals surface area contributed by atoms with Gasteiger partial charge in [0.1, 0.15) is 5.75 Å². The largest absolute Gasteiger partial charge is 0.506 e. The number of anilines is 1. The van der Waals surface area contributed by atoms with E-state index in [4.69, 9.17) is 5.11 Å². The van der Waals surface area contributed by atoms with Gasteiger partial charge in [-0.1, -0.05) is 0 Å². The van der Waals surface area contributed by atoms with E-state index in [0.717, 1.165) is 24.3 Å². The molecule has 20 heavy (non-hydrogen) atoms. The Hall–Kier alpha value is -1.69. The minimum absolute atomic E-state index is 0.0344. The van der Waals surface area contributed by atoms with Crippen molar-refractivity contribution in [1.82, 2.24) is 0 Å². The van der Waals surface area contributed by atoms with Gasteiger partial charge in [0.15, 0.2) is 0 Å². The van der Waals surface area contributed by atoms with E-state index < -0.39 is 5.97 Å². The summed E-state index contributed by atoms with van der Waals surface area (Å²) in [6.45, 7) is 0. The summed E-state index contributed by atoms with van der Waals surface area (Å²) in [4.78, 5) is 22.8. The maximum absolute atomic E-state index is 11.9. The van der Waals surface area contributed by atoms with Crippen LogP contribution in [-0.2, 0) is 4.79 Å². The van der Waals surface area contributed by atoms with Crippen molar-refractivity contribution in [3.63, 3.8) is 0 Å². The average Bonchev–Trinajstić information content (AvgIpc) is 2.42. The van der Waals surface area contributed by atoms with Crippen LogP contribution in [0.1, 0.15) is 29.6 Å². The third kappa shape index (κ3) is 3.90. The van der Waals surface area contributed by atoms with E-state index >= 15 is 0 Å². The molecule has 1 aromatic carbocycles. The fraction of sp³-hybridized carbons (Fsp3) is 0.429. The number of carboxylic acids is 1. The Bertz CT molecular complexity index is 512. The van der Waals surface area contributed by atoms with Crippen LogP contribution < -0.4 is 5.32 Å². The number of rotatable bonds is 4. The summed E-state index contributed by atoms with van der Waals surface area (Å²) in [5.74, 6) is 1.14. The maximum atomic E-state index is 11.9. The van der Waals surface area contributed by atoms with Gasteiger partial charge in [-0.3, -0.25) is 4.79 Å². The molecular formula is C14H17NO4S. The maximum Gasteiger partial charge on any atom is 0.335 e. The number of thioether (sulfide) groups is 1. The first-order chi connectivity index (χ1) is 9.56. The first kappa shape index (κ1) is 14.7. The SMILES string of the molecule is O=C(CC1CCSCC1)Nc1cc(C(=O)O)ccc1O. The predicted octanol–water partition coefficient (Wildman–Crippen LogP) is 2.56. The van der Waals surface area contributed by atoms with Gasteiger partial charge in [0, 0.05) is 6.42 Å². The molecule has 0 aromatic heterocycles. The summed E-state index contributed by atoms with van der Waals surface area (Å²) >= 11 is 1.90. The molecule has 0 radical (unpaired) electrons. The van der Waals surface area contributed by atoms with E-state index in [-0.39, 0.29) is 22.9 Å². The Morgan fingerprint density at radius 3 is 2.65 bits per heavy atom. The molecule has 2 rings (SSSR count). The third-order valence-corrected chi connectivity index (χ3v) is 4.38. The molecule has 1 aliphatic heterocycles. The van der Waals surface area contributed by atoms with Crippen molar-refractivity contribution in [2.75, 3.05) is 16.8 Å². The van der Waals surface area contributed by atoms with E-state index in [2.05, 4.69) is 5.32 Å². The number of aromatic carboxylic acids is 1. The number of hydrogen-bond donors (Lipinski definition) is 3. The second-order valence-corrected chi connectivity index (χ2v) is 6.07. The molecule has 108 valence electrons. The second-order valence-electron chi connectivity index (χ2n) is 4.85. The topological polar surface area (TPSA) is 86.6 Å². The Kier molecular flexibility index (Phi) is 4.89. The fourth-order valence-electron chi connectivity index (χ4n) is 2.18. The van der Waals surface area contributed by atoms with Crippen molar-refractivity contribution >= 4 is 29.3 Å². The Labute approximate surface area is 121 Å². The number of benzene rings is 1. The number of amides is 1. The summed E-state index contributed by atoms with van der Waals surface area (Å²) in [6.07, 6.45) is 2.47. The molecular weight excluding hydrogens is 278 g/mol. The molecule has 1 saturated heterocycles. The number of phenolic OH excluding ortho intramolecular Hbond substituents is 1. The third-order valence-electron chi connectivity index (χ3n) is 3.33. The number of phenols is 1. The standard InChI is InChI=1S/C14H17NO4S/c16-12-2-1-10(14(18)19)8-11(12)15-13(17)7-9-3-5-20-6-4-9/h1-2,8-9,16H,3-7H2,(H,15,17)(H,18,19). The van der Waals surface area contributed by atoms with Crippen LogP contribution in [0.2, 0.25) is 0 Å². The zero-order valence-corrected chi connectivity index (χ0v) is 11.8. The lowest BCUT2D eigenvalue weighted by molar-refractivity contribution is -0.117. The van der Waals surface area contributed by atoms with Gasteiger partial charge in [-0.2, -0.15) is 11.8 Å². The molecule has 0 unspecified atom stereocenters. The van der Waals surface area contributed by atoms with E-state index in [9.17, 15) is 14.7 Å². The summed E-state index contributed by atoms with van der Waals surface area (Å²) in [6, 6.07) is 3.84. The van der Waals surface area contributed by atoms with Crippen molar-refractivity contribution in [3.05, 3.63) is 23.8 Å². The van der Waals surface area contributed by atoms with Crippen molar-refractivity contribution in [3.8, 4) is 5.75 Å². The molecule has 1 aliphatic rings. The summed E-state index contributed by atoms with van der Waals surface area (Å²) in [5.41, 5.74) is 0.187. The van der Waals surface area contributed by atoms with Crippen LogP contribution in [0.15, 0.2) is 18.2 Å². The number of carbonyl (C=O) groups is 2. The summed E-state index contributed by atoms with van der Waals surface area (Å²) in [5, 5.41) is 21.2. The van der Waals surface area contributed by atoms with Crippen molar-refractivity contribution < 1.29 is 19.8 Å². The number of carbonyl (C=O) groups excluding carboxylic acids is 1. The Balaban J connectivity index is 1.99. The number of carboxylic acid groups (broad SMARTS) is 1. The minimum atomic E-state index is -1.09. The molecule has 5 nitrogen and oxygen atoms in total. The van der Waals surface area contributed by atoms with Crippen LogP contribution in [-0.4, -0.2) is 33.6 Å². The molecule has 1 heterocycles. The van der Waals surface area contributed by atoms with Gasteiger partial charge < -0.3 is 15.5 Å². The highest BCUT2D eigenvalue weighted by Crippen LogP contribution is 2.28. The summed E-state index contributed by atoms with van der Waals surface area (Å²) in [7, 11) is 0. The van der Waals surface area contributed by atoms with Crippen LogP contribution in [0, 0.1) is 5.92 Å². The van der Waals surface area contributed by atoms with Gasteiger partial charge >= 0.3 is 5.97 Å². The first-order valence-corrected chi connectivity index (χ1v) is 7.65. The second kappa shape index (κ2) is 6.65. The van der Waals surface area contributed by atoms with E-state index in [1.807, 2.05) is 11.8 Å². The number of hydrogen-bond acceptors (Lipinski definition) is 4. The monoisotopic (exact) mass is 295 g/mol. The van der Waals surface area contributed by atoms with E-state index in [0.29, 0.717) is 12.3 Å². The zero-order valence-electron chi connectivity index (χ0n) is 11.0. The molecule has 6 heteroatoms. The van der Waals surface area contributed by atoms with Crippen molar-refractivity contribution in [2.45, 2.75) is 19.3 Å². The van der Waals surface area contributed by atoms with Gasteiger partial charge in [-0.05, 0) is 48.5 Å². The molecule has 1 amide bonds. The lowest BCUT2D eigenvalue weighted by atomic mass is 9.98. The minimum Gasteiger partial charge on any atom is -0.506 e. The molecule has 0 bridgehead atoms. The fourth-order valence-corrected chi connectivity index (χ4v) is 3.39. The Morgan fingerprint density at radius 2 is 2.00 bits per heavy atom. The zero-order chi connectivity index (χ0) is 14.5. The van der Waals surface area contributed by atoms with Gasteiger partial charge in [0.05, 0.1) is 11.3 Å². The van der Waals surface area contributed by atoms with Crippen LogP contribution in [0.5, 0.6) is 5.75 Å². The van der Waals surface area contributed by atoms with E-state index in [1.165, 1.54) is 18.2 Å².